The number of nitrogens with zero attached hydrogens (tertiary/aromatic N) is 1. The fourth-order valence-corrected chi connectivity index (χ4v) is 2.43. The van der Waals surface area contributed by atoms with Crippen LogP contribution in [0.2, 0.25) is 0 Å². The largest absolute Gasteiger partial charge is 0.315 e. The van der Waals surface area contributed by atoms with Gasteiger partial charge in [0.1, 0.15) is 0 Å². The molecule has 1 aliphatic rings. The molecule has 0 aliphatic carbocycles. The van der Waals surface area contributed by atoms with Crippen LogP contribution >= 0.6 is 12.4 Å². The van der Waals surface area contributed by atoms with Crippen molar-refractivity contribution in [3.8, 4) is 0 Å². The van der Waals surface area contributed by atoms with E-state index in [9.17, 15) is 0 Å². The molecule has 1 atom stereocenters. The van der Waals surface area contributed by atoms with Crippen LogP contribution in [0.1, 0.15) is 18.4 Å². The second kappa shape index (κ2) is 7.70. The normalized spacial score (nSPS) is 17.7. The average molecular weight is 255 g/mol. The smallest absolute Gasteiger partial charge is 0.0232 e. The lowest BCUT2D eigenvalue weighted by Crippen LogP contribution is -2.39. The van der Waals surface area contributed by atoms with Gasteiger partial charge >= 0.3 is 0 Å². The molecular weight excluding hydrogens is 232 g/mol. The van der Waals surface area contributed by atoms with E-state index in [1.807, 2.05) is 0 Å². The van der Waals surface area contributed by atoms with Crippen LogP contribution in [0.3, 0.4) is 0 Å². The highest BCUT2D eigenvalue weighted by Gasteiger charge is 2.16. The zero-order valence-electron chi connectivity index (χ0n) is 10.6. The minimum atomic E-state index is 0. The summed E-state index contributed by atoms with van der Waals surface area (Å²) in [4.78, 5) is 2.57. The van der Waals surface area contributed by atoms with Crippen LogP contribution in [0.5, 0.6) is 0 Å². The maximum atomic E-state index is 3.44. The summed E-state index contributed by atoms with van der Waals surface area (Å²) in [5.74, 6) is 0. The Morgan fingerprint density at radius 2 is 1.82 bits per heavy atom. The van der Waals surface area contributed by atoms with Crippen molar-refractivity contribution >= 4 is 12.4 Å². The Balaban J connectivity index is 0.00000144. The highest BCUT2D eigenvalue weighted by Crippen LogP contribution is 2.10. The highest BCUT2D eigenvalue weighted by molar-refractivity contribution is 5.85. The number of likely N-dealkylation sites (tertiary alicyclic amines) is 1. The van der Waals surface area contributed by atoms with Gasteiger partial charge in [0, 0.05) is 12.6 Å². The molecule has 1 aromatic rings. The molecule has 1 saturated heterocycles. The van der Waals surface area contributed by atoms with E-state index in [1.165, 1.54) is 38.0 Å². The Labute approximate surface area is 111 Å². The molecule has 0 amide bonds. The minimum Gasteiger partial charge on any atom is -0.315 e. The molecule has 0 aromatic heterocycles. The molecular formula is C14H23ClN2. The quantitative estimate of drug-likeness (QED) is 0.868. The molecule has 2 rings (SSSR count). The lowest BCUT2D eigenvalue weighted by Gasteiger charge is -2.23. The first-order chi connectivity index (χ1) is 7.88. The summed E-state index contributed by atoms with van der Waals surface area (Å²) < 4.78 is 0. The van der Waals surface area contributed by atoms with E-state index in [1.54, 1.807) is 0 Å². The molecule has 1 aliphatic heterocycles. The van der Waals surface area contributed by atoms with E-state index in [-0.39, 0.29) is 12.4 Å². The monoisotopic (exact) mass is 254 g/mol. The summed E-state index contributed by atoms with van der Waals surface area (Å²) in [6.45, 7) is 3.76. The van der Waals surface area contributed by atoms with Gasteiger partial charge in [-0.2, -0.15) is 0 Å². The molecule has 1 fully saturated rings. The number of halogens is 1. The number of benzene rings is 1. The van der Waals surface area contributed by atoms with Crippen molar-refractivity contribution in [2.24, 2.45) is 0 Å². The molecule has 0 radical (unpaired) electrons. The first kappa shape index (κ1) is 14.5. The van der Waals surface area contributed by atoms with Gasteiger partial charge in [0.25, 0.3) is 0 Å². The van der Waals surface area contributed by atoms with Crippen molar-refractivity contribution in [1.29, 1.82) is 0 Å². The summed E-state index contributed by atoms with van der Waals surface area (Å²) in [7, 11) is 2.07. The summed E-state index contributed by atoms with van der Waals surface area (Å²) in [6, 6.07) is 11.3. The molecule has 1 heterocycles. The van der Waals surface area contributed by atoms with Gasteiger partial charge in [0.2, 0.25) is 0 Å². The number of nitrogens with one attached hydrogen (secondary N) is 1. The number of hydrogen-bond acceptors (Lipinski definition) is 2. The number of rotatable bonds is 5. The van der Waals surface area contributed by atoms with Crippen molar-refractivity contribution in [3.63, 3.8) is 0 Å². The van der Waals surface area contributed by atoms with Crippen molar-refractivity contribution in [1.82, 2.24) is 10.2 Å². The molecule has 17 heavy (non-hydrogen) atoms. The molecule has 1 aromatic carbocycles. The maximum Gasteiger partial charge on any atom is 0.0232 e. The second-order valence-corrected chi connectivity index (χ2v) is 4.68. The third-order valence-electron chi connectivity index (χ3n) is 3.41. The number of likely N-dealkylation sites (N-methyl/N-ethyl adjacent to an activating group) is 1. The van der Waals surface area contributed by atoms with Crippen LogP contribution in [-0.4, -0.2) is 37.6 Å². The fraction of sp³-hybridized carbons (Fsp3) is 0.571. The Bertz CT molecular complexity index is 296. The van der Waals surface area contributed by atoms with E-state index in [0.717, 1.165) is 6.42 Å². The molecule has 1 N–H and O–H groups in total. The van der Waals surface area contributed by atoms with Crippen molar-refractivity contribution in [2.45, 2.75) is 25.3 Å². The zero-order valence-corrected chi connectivity index (χ0v) is 11.4. The van der Waals surface area contributed by atoms with Crippen LogP contribution < -0.4 is 5.32 Å². The maximum absolute atomic E-state index is 3.44. The first-order valence-corrected chi connectivity index (χ1v) is 6.32. The topological polar surface area (TPSA) is 15.3 Å². The Morgan fingerprint density at radius 1 is 1.18 bits per heavy atom. The van der Waals surface area contributed by atoms with Gasteiger partial charge in [0.15, 0.2) is 0 Å². The van der Waals surface area contributed by atoms with E-state index in [4.69, 9.17) is 0 Å². The highest BCUT2D eigenvalue weighted by atomic mass is 35.5. The van der Waals surface area contributed by atoms with E-state index < -0.39 is 0 Å². The summed E-state index contributed by atoms with van der Waals surface area (Å²) >= 11 is 0. The predicted octanol–water partition coefficient (Wildman–Crippen LogP) is 2.33. The Kier molecular flexibility index (Phi) is 6.56. The third-order valence-corrected chi connectivity index (χ3v) is 3.41. The van der Waals surface area contributed by atoms with Gasteiger partial charge in [0.05, 0.1) is 0 Å². The van der Waals surface area contributed by atoms with Crippen LogP contribution in [0, 0.1) is 0 Å². The molecule has 0 saturated carbocycles. The lowest BCUT2D eigenvalue weighted by atomic mass is 10.1. The fourth-order valence-electron chi connectivity index (χ4n) is 2.43. The second-order valence-electron chi connectivity index (χ2n) is 4.68. The minimum absolute atomic E-state index is 0. The standard InChI is InChI=1S/C14H22N2.ClH/c1-15-14(12-16-9-5-6-10-16)11-13-7-3-2-4-8-13;/h2-4,7-8,14-15H,5-6,9-12H2,1H3;1H. The average Bonchev–Trinajstić information content (AvgIpc) is 2.82. The SMILES string of the molecule is CNC(Cc1ccccc1)CN1CCCC1.Cl. The van der Waals surface area contributed by atoms with Crippen LogP contribution in [0.4, 0.5) is 0 Å². The molecule has 3 heteroatoms. The summed E-state index contributed by atoms with van der Waals surface area (Å²) in [5, 5.41) is 3.44. The van der Waals surface area contributed by atoms with Crippen LogP contribution in [0.25, 0.3) is 0 Å². The Morgan fingerprint density at radius 3 is 2.41 bits per heavy atom. The van der Waals surface area contributed by atoms with Gasteiger partial charge in [-0.3, -0.25) is 0 Å². The van der Waals surface area contributed by atoms with Gasteiger partial charge in [-0.15, -0.1) is 12.4 Å². The van der Waals surface area contributed by atoms with E-state index >= 15 is 0 Å². The van der Waals surface area contributed by atoms with Crippen LogP contribution in [-0.2, 0) is 6.42 Å². The van der Waals surface area contributed by atoms with Crippen molar-refractivity contribution in [3.05, 3.63) is 35.9 Å². The molecule has 0 bridgehead atoms. The van der Waals surface area contributed by atoms with Gasteiger partial charge in [-0.1, -0.05) is 30.3 Å². The summed E-state index contributed by atoms with van der Waals surface area (Å²) in [5.41, 5.74) is 1.43. The van der Waals surface area contributed by atoms with Gasteiger partial charge < -0.3 is 10.2 Å². The number of hydrogen-bond donors (Lipinski definition) is 1. The zero-order chi connectivity index (χ0) is 11.2. The van der Waals surface area contributed by atoms with Gasteiger partial charge in [-0.05, 0) is 45.0 Å². The molecule has 1 unspecified atom stereocenters. The first-order valence-electron chi connectivity index (χ1n) is 6.32. The van der Waals surface area contributed by atoms with E-state index in [2.05, 4.69) is 47.6 Å². The summed E-state index contributed by atoms with van der Waals surface area (Å²) in [6.07, 6.45) is 3.89. The van der Waals surface area contributed by atoms with Gasteiger partial charge in [-0.25, -0.2) is 0 Å². The van der Waals surface area contributed by atoms with Crippen molar-refractivity contribution < 1.29 is 0 Å². The van der Waals surface area contributed by atoms with Crippen molar-refractivity contribution in [2.75, 3.05) is 26.7 Å². The lowest BCUT2D eigenvalue weighted by molar-refractivity contribution is 0.296. The van der Waals surface area contributed by atoms with E-state index in [0.29, 0.717) is 6.04 Å². The molecule has 2 nitrogen and oxygen atoms in total. The Hall–Kier alpha value is -0.570. The van der Waals surface area contributed by atoms with Crippen LogP contribution in [0.15, 0.2) is 30.3 Å². The third kappa shape index (κ3) is 4.66. The molecule has 0 spiro atoms. The molecule has 96 valence electrons. The predicted molar refractivity (Wildman–Crippen MR) is 75.9 cm³/mol.